The van der Waals surface area contributed by atoms with Crippen molar-refractivity contribution < 1.29 is 19.4 Å². The molecule has 0 radical (unpaired) electrons. The molecule has 92 valence electrons. The lowest BCUT2D eigenvalue weighted by Crippen LogP contribution is -2.24. The lowest BCUT2D eigenvalue weighted by Gasteiger charge is -2.07. The maximum absolute atomic E-state index is 11.4. The predicted octanol–water partition coefficient (Wildman–Crippen LogP) is 0.938. The van der Waals surface area contributed by atoms with Gasteiger partial charge in [-0.1, -0.05) is 0 Å². The van der Waals surface area contributed by atoms with Gasteiger partial charge in [0, 0.05) is 7.05 Å². The number of Topliss-reactive ketones (excluding diaryl/α,β-unsaturated/α-hetero) is 1. The van der Waals surface area contributed by atoms with Gasteiger partial charge in [0.15, 0.2) is 12.4 Å². The van der Waals surface area contributed by atoms with Crippen molar-refractivity contribution in [2.75, 3.05) is 19.5 Å². The summed E-state index contributed by atoms with van der Waals surface area (Å²) in [5.41, 5.74) is 0.0782. The first-order chi connectivity index (χ1) is 8.08. The minimum Gasteiger partial charge on any atom is -0.507 e. The van der Waals surface area contributed by atoms with Gasteiger partial charge >= 0.3 is 0 Å². The fourth-order valence-corrected chi connectivity index (χ4v) is 1.27. The number of halogens is 1. The first-order valence-corrected chi connectivity index (χ1v) is 5.37. The number of phenolic OH excluding ortho intramolecular Hbond substituents is 1. The van der Waals surface area contributed by atoms with Crippen LogP contribution in [0, 0.1) is 0 Å². The highest BCUT2D eigenvalue weighted by atomic mass is 35.5. The molecule has 0 saturated heterocycles. The van der Waals surface area contributed by atoms with Crippen LogP contribution in [0.1, 0.15) is 10.4 Å². The molecule has 0 aliphatic rings. The van der Waals surface area contributed by atoms with E-state index in [9.17, 15) is 14.7 Å². The lowest BCUT2D eigenvalue weighted by atomic mass is 10.1. The molecular weight excluding hydrogens is 246 g/mol. The maximum atomic E-state index is 11.4. The molecule has 17 heavy (non-hydrogen) atoms. The molecule has 5 nitrogen and oxygen atoms in total. The summed E-state index contributed by atoms with van der Waals surface area (Å²) in [6.07, 6.45) is 0. The first kappa shape index (κ1) is 13.3. The number of ether oxygens (including phenoxy) is 1. The van der Waals surface area contributed by atoms with Gasteiger partial charge in [0.1, 0.15) is 11.5 Å². The number of nitrogens with one attached hydrogen (secondary N) is 1. The monoisotopic (exact) mass is 257 g/mol. The minimum absolute atomic E-state index is 0.0782. The second-order valence-electron chi connectivity index (χ2n) is 3.20. The Kier molecular flexibility index (Phi) is 4.78. The Morgan fingerprint density at radius 1 is 1.47 bits per heavy atom. The van der Waals surface area contributed by atoms with Crippen molar-refractivity contribution in [3.63, 3.8) is 0 Å². The van der Waals surface area contributed by atoms with E-state index in [0.717, 1.165) is 0 Å². The van der Waals surface area contributed by atoms with Crippen LogP contribution in [0.2, 0.25) is 0 Å². The summed E-state index contributed by atoms with van der Waals surface area (Å²) >= 11 is 5.40. The number of benzene rings is 1. The van der Waals surface area contributed by atoms with Crippen molar-refractivity contribution in [1.82, 2.24) is 5.32 Å². The molecular formula is C11H12ClNO4. The number of rotatable bonds is 5. The summed E-state index contributed by atoms with van der Waals surface area (Å²) in [6, 6.07) is 4.13. The van der Waals surface area contributed by atoms with Gasteiger partial charge in [0.2, 0.25) is 0 Å². The minimum atomic E-state index is -0.408. The Morgan fingerprint density at radius 3 is 2.76 bits per heavy atom. The second kappa shape index (κ2) is 6.10. The van der Waals surface area contributed by atoms with Gasteiger partial charge in [-0.05, 0) is 18.2 Å². The summed E-state index contributed by atoms with van der Waals surface area (Å²) in [5.74, 6) is -0.771. The van der Waals surface area contributed by atoms with Crippen molar-refractivity contribution >= 4 is 23.3 Å². The summed E-state index contributed by atoms with van der Waals surface area (Å²) in [4.78, 5) is 22.3. The SMILES string of the molecule is CNC(=O)COc1ccc(O)c(C(=O)CCl)c1. The molecule has 0 fully saturated rings. The van der Waals surface area contributed by atoms with Crippen LogP contribution in [0.4, 0.5) is 0 Å². The van der Waals surface area contributed by atoms with E-state index in [1.54, 1.807) is 0 Å². The van der Waals surface area contributed by atoms with Crippen molar-refractivity contribution in [2.45, 2.75) is 0 Å². The molecule has 0 heterocycles. The van der Waals surface area contributed by atoms with Crippen LogP contribution in [0.3, 0.4) is 0 Å². The van der Waals surface area contributed by atoms with Gasteiger partial charge in [-0.15, -0.1) is 11.6 Å². The largest absolute Gasteiger partial charge is 0.507 e. The number of hydrogen-bond acceptors (Lipinski definition) is 4. The van der Waals surface area contributed by atoms with E-state index < -0.39 is 5.78 Å². The Labute approximate surface area is 103 Å². The maximum Gasteiger partial charge on any atom is 0.257 e. The molecule has 0 bridgehead atoms. The number of aromatic hydroxyl groups is 1. The lowest BCUT2D eigenvalue weighted by molar-refractivity contribution is -0.122. The highest BCUT2D eigenvalue weighted by Gasteiger charge is 2.11. The van der Waals surface area contributed by atoms with Crippen LogP contribution >= 0.6 is 11.6 Å². The molecule has 0 saturated carbocycles. The molecule has 1 aromatic carbocycles. The molecule has 0 spiro atoms. The third kappa shape index (κ3) is 3.64. The van der Waals surface area contributed by atoms with Crippen LogP contribution in [0.15, 0.2) is 18.2 Å². The summed E-state index contributed by atoms with van der Waals surface area (Å²) in [7, 11) is 1.49. The number of phenols is 1. The number of carbonyl (C=O) groups is 2. The zero-order chi connectivity index (χ0) is 12.8. The zero-order valence-electron chi connectivity index (χ0n) is 9.20. The molecule has 0 unspecified atom stereocenters. The van der Waals surface area contributed by atoms with Crippen LogP contribution in [0.25, 0.3) is 0 Å². The van der Waals surface area contributed by atoms with Gasteiger partial charge in [-0.3, -0.25) is 9.59 Å². The molecule has 0 aliphatic carbocycles. The fraction of sp³-hybridized carbons (Fsp3) is 0.273. The molecule has 0 aliphatic heterocycles. The van der Waals surface area contributed by atoms with Crippen LogP contribution in [-0.4, -0.2) is 36.3 Å². The average molecular weight is 258 g/mol. The van der Waals surface area contributed by atoms with Crippen LogP contribution in [-0.2, 0) is 4.79 Å². The summed E-state index contributed by atoms with van der Waals surface area (Å²) < 4.78 is 5.13. The second-order valence-corrected chi connectivity index (χ2v) is 3.46. The van der Waals surface area contributed by atoms with E-state index in [1.165, 1.54) is 25.2 Å². The van der Waals surface area contributed by atoms with Gasteiger partial charge in [0.05, 0.1) is 11.4 Å². The molecule has 2 N–H and O–H groups in total. The topological polar surface area (TPSA) is 75.6 Å². The molecule has 1 aromatic rings. The van der Waals surface area contributed by atoms with E-state index in [1.807, 2.05) is 0 Å². The van der Waals surface area contributed by atoms with Crippen LogP contribution in [0.5, 0.6) is 11.5 Å². The number of alkyl halides is 1. The third-order valence-corrected chi connectivity index (χ3v) is 2.28. The quantitative estimate of drug-likeness (QED) is 0.608. The molecule has 1 amide bonds. The summed E-state index contributed by atoms with van der Waals surface area (Å²) in [5, 5.41) is 11.8. The number of carbonyl (C=O) groups excluding carboxylic acids is 2. The van der Waals surface area contributed by atoms with Gasteiger partial charge < -0.3 is 15.2 Å². The van der Waals surface area contributed by atoms with Gasteiger partial charge in [-0.2, -0.15) is 0 Å². The number of likely N-dealkylation sites (N-methyl/N-ethyl adjacent to an activating group) is 1. The Balaban J connectivity index is 2.81. The van der Waals surface area contributed by atoms with E-state index in [0.29, 0.717) is 5.75 Å². The Morgan fingerprint density at radius 2 is 2.18 bits per heavy atom. The highest BCUT2D eigenvalue weighted by molar-refractivity contribution is 6.30. The van der Waals surface area contributed by atoms with E-state index in [2.05, 4.69) is 5.32 Å². The predicted molar refractivity (Wildman–Crippen MR) is 62.7 cm³/mol. The number of ketones is 1. The van der Waals surface area contributed by atoms with E-state index >= 15 is 0 Å². The average Bonchev–Trinajstić information content (AvgIpc) is 2.36. The van der Waals surface area contributed by atoms with E-state index in [-0.39, 0.29) is 29.7 Å². The fourth-order valence-electron chi connectivity index (χ4n) is 1.12. The van der Waals surface area contributed by atoms with Crippen molar-refractivity contribution in [3.8, 4) is 11.5 Å². The molecule has 1 rings (SSSR count). The molecule has 6 heteroatoms. The number of amides is 1. The smallest absolute Gasteiger partial charge is 0.257 e. The van der Waals surface area contributed by atoms with Crippen molar-refractivity contribution in [3.05, 3.63) is 23.8 Å². The standard InChI is InChI=1S/C11H12ClNO4/c1-13-11(16)6-17-7-2-3-9(14)8(4-7)10(15)5-12/h2-4,14H,5-6H2,1H3,(H,13,16). The van der Waals surface area contributed by atoms with Crippen molar-refractivity contribution in [1.29, 1.82) is 0 Å². The third-order valence-electron chi connectivity index (χ3n) is 2.04. The zero-order valence-corrected chi connectivity index (χ0v) is 9.95. The van der Waals surface area contributed by atoms with Gasteiger partial charge in [0.25, 0.3) is 5.91 Å². The van der Waals surface area contributed by atoms with Gasteiger partial charge in [-0.25, -0.2) is 0 Å². The van der Waals surface area contributed by atoms with Crippen molar-refractivity contribution in [2.24, 2.45) is 0 Å². The number of hydrogen-bond donors (Lipinski definition) is 2. The van der Waals surface area contributed by atoms with E-state index in [4.69, 9.17) is 16.3 Å². The summed E-state index contributed by atoms with van der Waals surface area (Å²) in [6.45, 7) is -0.157. The highest BCUT2D eigenvalue weighted by Crippen LogP contribution is 2.23. The molecule has 0 atom stereocenters. The normalized spacial score (nSPS) is 9.76. The molecule has 0 aromatic heterocycles. The van der Waals surface area contributed by atoms with Crippen LogP contribution < -0.4 is 10.1 Å². The Bertz CT molecular complexity index is 433. The first-order valence-electron chi connectivity index (χ1n) is 4.84. The Hall–Kier alpha value is -1.75.